The molecule has 0 heterocycles. The van der Waals surface area contributed by atoms with Crippen LogP contribution in [0.3, 0.4) is 0 Å². The summed E-state index contributed by atoms with van der Waals surface area (Å²) in [7, 11) is 0. The number of rotatable bonds is 2. The van der Waals surface area contributed by atoms with Crippen molar-refractivity contribution in [1.82, 2.24) is 0 Å². The first-order chi connectivity index (χ1) is 17.4. The largest absolute Gasteiger partial charge is 0.481 e. The zero-order valence-corrected chi connectivity index (χ0v) is 24.8. The van der Waals surface area contributed by atoms with Gasteiger partial charge < -0.3 is 20.1 Å². The van der Waals surface area contributed by atoms with Crippen molar-refractivity contribution in [3.63, 3.8) is 0 Å². The van der Waals surface area contributed by atoms with Crippen LogP contribution >= 0.6 is 0 Å². The predicted molar refractivity (Wildman–Crippen MR) is 145 cm³/mol. The number of carbonyl (C=O) groups excluding carboxylic acids is 1. The summed E-state index contributed by atoms with van der Waals surface area (Å²) >= 11 is 0. The third-order valence-electron chi connectivity index (χ3n) is 13.7. The maximum absolute atomic E-state index is 12.9. The van der Waals surface area contributed by atoms with Crippen molar-refractivity contribution < 1.29 is 29.6 Å². The number of hydrogen-bond donors (Lipinski definition) is 3. The molecule has 0 aromatic heterocycles. The smallest absolute Gasteiger partial charge is 0.310 e. The van der Waals surface area contributed by atoms with Crippen LogP contribution < -0.4 is 0 Å². The fraction of sp³-hybridized carbons (Fsp3) is 0.875. The van der Waals surface area contributed by atoms with Crippen LogP contribution in [0.15, 0.2) is 11.6 Å². The highest BCUT2D eigenvalue weighted by atomic mass is 16.6. The number of aliphatic carboxylic acids is 1. The zero-order chi connectivity index (χ0) is 28.3. The highest BCUT2D eigenvalue weighted by molar-refractivity contribution is 5.77. The average Bonchev–Trinajstić information content (AvgIpc) is 2.79. The second-order valence-corrected chi connectivity index (χ2v) is 15.5. The number of fused-ring (bicyclic) bond motifs is 7. The van der Waals surface area contributed by atoms with E-state index in [1.54, 1.807) is 0 Å². The van der Waals surface area contributed by atoms with Crippen LogP contribution in [0.25, 0.3) is 0 Å². The lowest BCUT2D eigenvalue weighted by molar-refractivity contribution is -0.241. The summed E-state index contributed by atoms with van der Waals surface area (Å²) in [6.07, 6.45) is 7.28. The normalized spacial score (nSPS) is 53.4. The number of allylic oxidation sites excluding steroid dienone is 1. The molecule has 5 rings (SSSR count). The lowest BCUT2D eigenvalue weighted by atomic mass is 9.33. The van der Waals surface area contributed by atoms with E-state index in [0.717, 1.165) is 32.1 Å². The van der Waals surface area contributed by atoms with E-state index in [1.807, 2.05) is 6.92 Å². The first-order valence-electron chi connectivity index (χ1n) is 14.9. The maximum atomic E-state index is 12.9. The number of aliphatic hydroxyl groups is 2. The minimum absolute atomic E-state index is 0.0344. The summed E-state index contributed by atoms with van der Waals surface area (Å²) < 4.78 is 5.74. The van der Waals surface area contributed by atoms with E-state index in [4.69, 9.17) is 4.74 Å². The van der Waals surface area contributed by atoms with Crippen LogP contribution in [0.2, 0.25) is 0 Å². The van der Waals surface area contributed by atoms with Gasteiger partial charge in [0.15, 0.2) is 0 Å². The molecule has 0 spiro atoms. The van der Waals surface area contributed by atoms with Crippen molar-refractivity contribution in [3.8, 4) is 0 Å². The lowest BCUT2D eigenvalue weighted by Gasteiger charge is -2.72. The highest BCUT2D eigenvalue weighted by Gasteiger charge is 2.72. The molecule has 0 aliphatic heterocycles. The Balaban J connectivity index is 1.63. The van der Waals surface area contributed by atoms with Gasteiger partial charge in [0.05, 0.1) is 17.1 Å². The van der Waals surface area contributed by atoms with Gasteiger partial charge in [-0.05, 0) is 97.7 Å². The standard InChI is InChI=1S/C32H50O6/c1-18-11-14-32(26(35)36)16-15-29(6)20(24(32)31(18,8)37)9-10-23-28(5)17-21(38-19(2)33)25(34)27(3,4)22(28)12-13-30(23,29)7/h9,18,21-25,34,37H,10-17H2,1-8H3,(H,35,36). The van der Waals surface area contributed by atoms with Crippen molar-refractivity contribution in [1.29, 1.82) is 0 Å². The second-order valence-electron chi connectivity index (χ2n) is 15.5. The zero-order valence-electron chi connectivity index (χ0n) is 24.8. The Bertz CT molecular complexity index is 1060. The molecule has 4 saturated carbocycles. The molecule has 0 aromatic rings. The van der Waals surface area contributed by atoms with E-state index in [1.165, 1.54) is 12.5 Å². The quantitative estimate of drug-likeness (QED) is 0.310. The van der Waals surface area contributed by atoms with Crippen LogP contribution in [0, 0.1) is 50.7 Å². The second kappa shape index (κ2) is 8.31. The van der Waals surface area contributed by atoms with Crippen LogP contribution in [-0.2, 0) is 14.3 Å². The molecule has 38 heavy (non-hydrogen) atoms. The first kappa shape index (κ1) is 28.1. The van der Waals surface area contributed by atoms with Crippen LogP contribution in [-0.4, -0.2) is 45.1 Å². The van der Waals surface area contributed by atoms with Gasteiger partial charge in [-0.25, -0.2) is 0 Å². The molecule has 0 aromatic carbocycles. The van der Waals surface area contributed by atoms with Gasteiger partial charge in [0, 0.05) is 12.8 Å². The van der Waals surface area contributed by atoms with E-state index < -0.39 is 40.5 Å². The summed E-state index contributed by atoms with van der Waals surface area (Å²) in [5.74, 6) is -0.880. The number of carbonyl (C=O) groups is 2. The Kier molecular flexibility index (Phi) is 6.16. The molecule has 0 amide bonds. The number of esters is 1. The summed E-state index contributed by atoms with van der Waals surface area (Å²) in [6.45, 7) is 16.8. The van der Waals surface area contributed by atoms with E-state index in [-0.39, 0.29) is 34.1 Å². The third kappa shape index (κ3) is 3.31. The molecular formula is C32H50O6. The van der Waals surface area contributed by atoms with Gasteiger partial charge in [-0.2, -0.15) is 0 Å². The van der Waals surface area contributed by atoms with Crippen molar-refractivity contribution in [3.05, 3.63) is 11.6 Å². The lowest BCUT2D eigenvalue weighted by Crippen LogP contribution is -2.69. The third-order valence-corrected chi connectivity index (χ3v) is 13.7. The number of carboxylic acids is 1. The molecule has 4 fully saturated rings. The minimum Gasteiger partial charge on any atom is -0.481 e. The van der Waals surface area contributed by atoms with Gasteiger partial charge >= 0.3 is 11.9 Å². The van der Waals surface area contributed by atoms with E-state index in [2.05, 4.69) is 47.6 Å². The summed E-state index contributed by atoms with van der Waals surface area (Å²) in [5, 5.41) is 33.9. The number of aliphatic hydroxyl groups excluding tert-OH is 1. The van der Waals surface area contributed by atoms with E-state index >= 15 is 0 Å². The van der Waals surface area contributed by atoms with Crippen molar-refractivity contribution in [2.24, 2.45) is 50.7 Å². The Labute approximate surface area is 228 Å². The fourth-order valence-corrected chi connectivity index (χ4v) is 11.3. The van der Waals surface area contributed by atoms with Gasteiger partial charge in [0.25, 0.3) is 0 Å². The van der Waals surface area contributed by atoms with E-state index in [9.17, 15) is 24.9 Å². The Morgan fingerprint density at radius 2 is 1.63 bits per heavy atom. The topological polar surface area (TPSA) is 104 Å². The average molecular weight is 531 g/mol. The summed E-state index contributed by atoms with van der Waals surface area (Å²) in [5.41, 5.74) is -1.68. The highest BCUT2D eigenvalue weighted by Crippen LogP contribution is 2.76. The van der Waals surface area contributed by atoms with Gasteiger partial charge in [-0.3, -0.25) is 9.59 Å². The van der Waals surface area contributed by atoms with Crippen molar-refractivity contribution in [2.45, 2.75) is 125 Å². The van der Waals surface area contributed by atoms with Gasteiger partial charge in [0.1, 0.15) is 6.10 Å². The Morgan fingerprint density at radius 1 is 0.974 bits per heavy atom. The number of hydrogen-bond acceptors (Lipinski definition) is 5. The molecule has 6 heteroatoms. The molecule has 6 nitrogen and oxygen atoms in total. The van der Waals surface area contributed by atoms with Crippen LogP contribution in [0.4, 0.5) is 0 Å². The maximum Gasteiger partial charge on any atom is 0.310 e. The predicted octanol–water partition coefficient (Wildman–Crippen LogP) is 5.75. The molecule has 5 aliphatic rings. The molecular weight excluding hydrogens is 480 g/mol. The monoisotopic (exact) mass is 530 g/mol. The molecule has 3 N–H and O–H groups in total. The van der Waals surface area contributed by atoms with Gasteiger partial charge in [-0.15, -0.1) is 0 Å². The SMILES string of the molecule is CC(=O)OC1CC2(C)C(CCC3(C)C2CC=C2C4C(C(=O)O)(CCC(C)C4(C)O)CCC23C)C(C)(C)C1O. The number of carboxylic acid groups (broad SMARTS) is 1. The number of ether oxygens (including phenoxy) is 1. The summed E-state index contributed by atoms with van der Waals surface area (Å²) in [4.78, 5) is 24.9. The van der Waals surface area contributed by atoms with E-state index in [0.29, 0.717) is 25.2 Å². The molecule has 0 bridgehead atoms. The van der Waals surface area contributed by atoms with Crippen LogP contribution in [0.5, 0.6) is 0 Å². The Hall–Kier alpha value is -1.40. The Morgan fingerprint density at radius 3 is 2.24 bits per heavy atom. The van der Waals surface area contributed by atoms with Crippen LogP contribution in [0.1, 0.15) is 107 Å². The van der Waals surface area contributed by atoms with Crippen molar-refractivity contribution in [2.75, 3.05) is 0 Å². The first-order valence-corrected chi connectivity index (χ1v) is 14.9. The van der Waals surface area contributed by atoms with Gasteiger partial charge in [0.2, 0.25) is 0 Å². The molecule has 11 atom stereocenters. The summed E-state index contributed by atoms with van der Waals surface area (Å²) in [6, 6.07) is 0. The minimum atomic E-state index is -1.08. The molecule has 0 saturated heterocycles. The molecule has 214 valence electrons. The van der Waals surface area contributed by atoms with Gasteiger partial charge in [-0.1, -0.05) is 53.2 Å². The molecule has 0 radical (unpaired) electrons. The fourth-order valence-electron chi connectivity index (χ4n) is 11.3. The van der Waals surface area contributed by atoms with Crippen molar-refractivity contribution >= 4 is 11.9 Å². The molecule has 5 aliphatic carbocycles. The molecule has 11 unspecified atom stereocenters.